The van der Waals surface area contributed by atoms with Gasteiger partial charge >= 0.3 is 0 Å². The fourth-order valence-electron chi connectivity index (χ4n) is 2.33. The first-order valence-corrected chi connectivity index (χ1v) is 6.77. The van der Waals surface area contributed by atoms with Crippen LogP contribution in [-0.4, -0.2) is 24.5 Å². The molecule has 2 N–H and O–H groups in total. The largest absolute Gasteiger partial charge is 0.329 e. The van der Waals surface area contributed by atoms with Gasteiger partial charge in [-0.15, -0.1) is 11.3 Å². The van der Waals surface area contributed by atoms with Crippen LogP contribution in [0.2, 0.25) is 0 Å². The Morgan fingerprint density at radius 3 is 2.53 bits per heavy atom. The maximum Gasteiger partial charge on any atom is 0.0564 e. The number of nitrogens with zero attached hydrogens (tertiary/aromatic N) is 1. The molecule has 0 radical (unpaired) electrons. The first kappa shape index (κ1) is 11.1. The maximum absolute atomic E-state index is 5.91. The van der Waals surface area contributed by atoms with Gasteiger partial charge < -0.3 is 5.73 Å². The van der Waals surface area contributed by atoms with E-state index in [0.717, 1.165) is 6.54 Å². The summed E-state index contributed by atoms with van der Waals surface area (Å²) in [5.41, 5.74) is 5.91. The van der Waals surface area contributed by atoms with Crippen molar-refractivity contribution in [1.29, 1.82) is 0 Å². The molecule has 1 fully saturated rings. The van der Waals surface area contributed by atoms with Gasteiger partial charge in [-0.3, -0.25) is 4.90 Å². The molecule has 0 aliphatic carbocycles. The lowest BCUT2D eigenvalue weighted by Gasteiger charge is -2.28. The van der Waals surface area contributed by atoms with Crippen molar-refractivity contribution < 1.29 is 0 Å². The number of hydrogen-bond donors (Lipinski definition) is 1. The van der Waals surface area contributed by atoms with E-state index in [9.17, 15) is 0 Å². The van der Waals surface area contributed by atoms with Crippen LogP contribution in [0.5, 0.6) is 0 Å². The van der Waals surface area contributed by atoms with E-state index >= 15 is 0 Å². The van der Waals surface area contributed by atoms with Gasteiger partial charge in [-0.25, -0.2) is 0 Å². The van der Waals surface area contributed by atoms with Gasteiger partial charge in [-0.1, -0.05) is 18.9 Å². The summed E-state index contributed by atoms with van der Waals surface area (Å²) in [6.07, 6.45) is 5.44. The average molecular weight is 224 g/mol. The smallest absolute Gasteiger partial charge is 0.0564 e. The lowest BCUT2D eigenvalue weighted by atomic mass is 10.2. The zero-order valence-corrected chi connectivity index (χ0v) is 10.0. The van der Waals surface area contributed by atoms with E-state index in [2.05, 4.69) is 22.4 Å². The average Bonchev–Trinajstić information content (AvgIpc) is 2.63. The van der Waals surface area contributed by atoms with Crippen molar-refractivity contribution in [3.8, 4) is 0 Å². The molecule has 2 heterocycles. The van der Waals surface area contributed by atoms with Gasteiger partial charge in [0.05, 0.1) is 6.04 Å². The van der Waals surface area contributed by atoms with Gasteiger partial charge in [-0.05, 0) is 37.4 Å². The van der Waals surface area contributed by atoms with Gasteiger partial charge in [0.15, 0.2) is 0 Å². The number of rotatable bonds is 3. The van der Waals surface area contributed by atoms with Crippen molar-refractivity contribution in [2.24, 2.45) is 5.73 Å². The lowest BCUT2D eigenvalue weighted by molar-refractivity contribution is 0.212. The molecule has 1 aliphatic rings. The highest BCUT2D eigenvalue weighted by Gasteiger charge is 2.20. The Kier molecular flexibility index (Phi) is 4.18. The molecule has 1 aromatic heterocycles. The highest BCUT2D eigenvalue weighted by Crippen LogP contribution is 2.26. The molecule has 1 saturated heterocycles. The molecular formula is C12H20N2S. The molecule has 0 spiro atoms. The second kappa shape index (κ2) is 5.64. The molecule has 84 valence electrons. The van der Waals surface area contributed by atoms with E-state index < -0.39 is 0 Å². The predicted octanol–water partition coefficient (Wildman–Crippen LogP) is 2.62. The third kappa shape index (κ3) is 2.80. The van der Waals surface area contributed by atoms with Gasteiger partial charge in [-0.2, -0.15) is 0 Å². The monoisotopic (exact) mass is 224 g/mol. The summed E-state index contributed by atoms with van der Waals surface area (Å²) < 4.78 is 0. The van der Waals surface area contributed by atoms with Gasteiger partial charge in [0.1, 0.15) is 0 Å². The summed E-state index contributed by atoms with van der Waals surface area (Å²) in [6.45, 7) is 3.19. The Hall–Kier alpha value is -0.380. The third-order valence-electron chi connectivity index (χ3n) is 3.18. The molecule has 0 saturated carbocycles. The first-order valence-electron chi connectivity index (χ1n) is 5.89. The molecule has 0 bridgehead atoms. The molecular weight excluding hydrogens is 204 g/mol. The summed E-state index contributed by atoms with van der Waals surface area (Å²) in [5, 5.41) is 2.15. The Morgan fingerprint density at radius 1 is 1.27 bits per heavy atom. The van der Waals surface area contributed by atoms with Crippen molar-refractivity contribution in [2.75, 3.05) is 19.6 Å². The standard InChI is InChI=1S/C12H20N2S/c13-10-11(12-6-5-9-15-12)14-7-3-1-2-4-8-14/h5-6,9,11H,1-4,7-8,10,13H2. The van der Waals surface area contributed by atoms with Crippen molar-refractivity contribution >= 4 is 11.3 Å². The number of thiophene rings is 1. The quantitative estimate of drug-likeness (QED) is 0.855. The van der Waals surface area contributed by atoms with Crippen LogP contribution in [0.1, 0.15) is 36.6 Å². The van der Waals surface area contributed by atoms with E-state index in [1.165, 1.54) is 43.6 Å². The second-order valence-corrected chi connectivity index (χ2v) is 5.20. The number of hydrogen-bond acceptors (Lipinski definition) is 3. The minimum atomic E-state index is 0.461. The first-order chi connectivity index (χ1) is 7.42. The fourth-order valence-corrected chi connectivity index (χ4v) is 3.21. The summed E-state index contributed by atoms with van der Waals surface area (Å²) >= 11 is 1.83. The SMILES string of the molecule is NCC(c1cccs1)N1CCCCCC1. The molecule has 0 aromatic carbocycles. The Morgan fingerprint density at radius 2 is 2.00 bits per heavy atom. The van der Waals surface area contributed by atoms with Crippen LogP contribution in [-0.2, 0) is 0 Å². The van der Waals surface area contributed by atoms with E-state index in [1.807, 2.05) is 11.3 Å². The van der Waals surface area contributed by atoms with E-state index in [4.69, 9.17) is 5.73 Å². The minimum absolute atomic E-state index is 0.461. The molecule has 15 heavy (non-hydrogen) atoms. The predicted molar refractivity (Wildman–Crippen MR) is 66.2 cm³/mol. The third-order valence-corrected chi connectivity index (χ3v) is 4.15. The Bertz CT molecular complexity index is 263. The number of nitrogens with two attached hydrogens (primary N) is 1. The normalized spacial score (nSPS) is 21.1. The Labute approximate surface area is 96.1 Å². The molecule has 3 heteroatoms. The summed E-state index contributed by atoms with van der Waals surface area (Å²) in [4.78, 5) is 4.00. The highest BCUT2D eigenvalue weighted by atomic mass is 32.1. The van der Waals surface area contributed by atoms with Crippen molar-refractivity contribution in [3.05, 3.63) is 22.4 Å². The molecule has 2 nitrogen and oxygen atoms in total. The zero-order valence-electron chi connectivity index (χ0n) is 9.19. The van der Waals surface area contributed by atoms with E-state index in [-0.39, 0.29) is 0 Å². The van der Waals surface area contributed by atoms with Crippen LogP contribution in [0.4, 0.5) is 0 Å². The molecule has 2 rings (SSSR count). The topological polar surface area (TPSA) is 29.3 Å². The maximum atomic E-state index is 5.91. The lowest BCUT2D eigenvalue weighted by Crippen LogP contribution is -2.34. The van der Waals surface area contributed by atoms with Crippen molar-refractivity contribution in [2.45, 2.75) is 31.7 Å². The number of likely N-dealkylation sites (tertiary alicyclic amines) is 1. The van der Waals surface area contributed by atoms with Crippen molar-refractivity contribution in [3.63, 3.8) is 0 Å². The second-order valence-electron chi connectivity index (χ2n) is 4.22. The Balaban J connectivity index is 2.04. The van der Waals surface area contributed by atoms with Crippen LogP contribution in [0.15, 0.2) is 17.5 Å². The van der Waals surface area contributed by atoms with Gasteiger partial charge in [0.25, 0.3) is 0 Å². The fraction of sp³-hybridized carbons (Fsp3) is 0.667. The zero-order chi connectivity index (χ0) is 10.5. The molecule has 1 aromatic rings. The van der Waals surface area contributed by atoms with Crippen LogP contribution in [0.3, 0.4) is 0 Å². The van der Waals surface area contributed by atoms with E-state index in [0.29, 0.717) is 6.04 Å². The van der Waals surface area contributed by atoms with Crippen molar-refractivity contribution in [1.82, 2.24) is 4.90 Å². The van der Waals surface area contributed by atoms with Crippen LogP contribution >= 0.6 is 11.3 Å². The van der Waals surface area contributed by atoms with Gasteiger partial charge in [0, 0.05) is 11.4 Å². The van der Waals surface area contributed by atoms with Crippen LogP contribution < -0.4 is 5.73 Å². The van der Waals surface area contributed by atoms with Gasteiger partial charge in [0.2, 0.25) is 0 Å². The van der Waals surface area contributed by atoms with Crippen LogP contribution in [0, 0.1) is 0 Å². The minimum Gasteiger partial charge on any atom is -0.329 e. The summed E-state index contributed by atoms with van der Waals surface area (Å²) in [7, 11) is 0. The van der Waals surface area contributed by atoms with E-state index in [1.54, 1.807) is 0 Å². The summed E-state index contributed by atoms with van der Waals surface area (Å²) in [6, 6.07) is 4.80. The summed E-state index contributed by atoms with van der Waals surface area (Å²) in [5.74, 6) is 0. The molecule has 1 unspecified atom stereocenters. The highest BCUT2D eigenvalue weighted by molar-refractivity contribution is 7.10. The molecule has 1 atom stereocenters. The molecule has 1 aliphatic heterocycles. The molecule has 0 amide bonds. The van der Waals surface area contributed by atoms with Crippen LogP contribution in [0.25, 0.3) is 0 Å².